The maximum absolute atomic E-state index is 11.3. The van der Waals surface area contributed by atoms with Crippen LogP contribution in [0.5, 0.6) is 5.75 Å². The number of nitrogens with one attached hydrogen (secondary N) is 1. The van der Waals surface area contributed by atoms with E-state index >= 15 is 0 Å². The molecule has 1 atom stereocenters. The summed E-state index contributed by atoms with van der Waals surface area (Å²) in [5.41, 5.74) is -0.583. The second kappa shape index (κ2) is 5.87. The van der Waals surface area contributed by atoms with Crippen LogP contribution < -0.4 is 10.1 Å². The molecular formula is C14H19NO3. The highest BCUT2D eigenvalue weighted by Crippen LogP contribution is 2.31. The first-order valence-corrected chi connectivity index (χ1v) is 6.35. The van der Waals surface area contributed by atoms with Gasteiger partial charge in [0.25, 0.3) is 0 Å². The monoisotopic (exact) mass is 249 g/mol. The third kappa shape index (κ3) is 3.01. The number of carbonyl (C=O) groups is 1. The molecule has 0 aromatic heterocycles. The highest BCUT2D eigenvalue weighted by atomic mass is 16.5. The van der Waals surface area contributed by atoms with Gasteiger partial charge < -0.3 is 15.2 Å². The van der Waals surface area contributed by atoms with E-state index < -0.39 is 11.4 Å². The smallest absolute Gasteiger partial charge is 0.310 e. The predicted octanol–water partition coefficient (Wildman–Crippen LogP) is 1.91. The molecule has 18 heavy (non-hydrogen) atoms. The standard InChI is InChI=1S/C14H19NO3/c16-13(17)14(8-9-15-11-14)7-4-10-18-12-5-2-1-3-6-12/h1-3,5-6,15H,4,7-11H2,(H,16,17). The van der Waals surface area contributed by atoms with Crippen LogP contribution in [-0.4, -0.2) is 30.8 Å². The Morgan fingerprint density at radius 3 is 2.78 bits per heavy atom. The lowest BCUT2D eigenvalue weighted by atomic mass is 9.82. The van der Waals surface area contributed by atoms with E-state index in [1.165, 1.54) is 0 Å². The molecule has 98 valence electrons. The molecule has 2 N–H and O–H groups in total. The average molecular weight is 249 g/mol. The Hall–Kier alpha value is -1.55. The van der Waals surface area contributed by atoms with Crippen LogP contribution in [-0.2, 0) is 4.79 Å². The second-order valence-corrected chi connectivity index (χ2v) is 4.78. The predicted molar refractivity (Wildman–Crippen MR) is 68.7 cm³/mol. The maximum Gasteiger partial charge on any atom is 0.310 e. The first-order valence-electron chi connectivity index (χ1n) is 6.35. The summed E-state index contributed by atoms with van der Waals surface area (Å²) in [6.45, 7) is 1.94. The zero-order chi connectivity index (χ0) is 12.8. The molecule has 0 bridgehead atoms. The van der Waals surface area contributed by atoms with Crippen molar-refractivity contribution < 1.29 is 14.6 Å². The number of para-hydroxylation sites is 1. The Morgan fingerprint density at radius 2 is 2.17 bits per heavy atom. The summed E-state index contributed by atoms with van der Waals surface area (Å²) in [5, 5.41) is 12.4. The van der Waals surface area contributed by atoms with Gasteiger partial charge >= 0.3 is 5.97 Å². The Bertz CT molecular complexity index is 385. The molecule has 0 spiro atoms. The van der Waals surface area contributed by atoms with Crippen molar-refractivity contribution in [1.82, 2.24) is 5.32 Å². The molecule has 1 aliphatic rings. The van der Waals surface area contributed by atoms with E-state index in [-0.39, 0.29) is 0 Å². The van der Waals surface area contributed by atoms with Crippen LogP contribution in [0.3, 0.4) is 0 Å². The van der Waals surface area contributed by atoms with E-state index in [2.05, 4.69) is 5.32 Å². The molecule has 1 aromatic rings. The normalized spacial score (nSPS) is 22.9. The zero-order valence-electron chi connectivity index (χ0n) is 10.4. The molecule has 4 nitrogen and oxygen atoms in total. The van der Waals surface area contributed by atoms with Gasteiger partial charge in [0.15, 0.2) is 0 Å². The molecule has 1 aliphatic heterocycles. The highest BCUT2D eigenvalue weighted by Gasteiger charge is 2.40. The van der Waals surface area contributed by atoms with E-state index in [0.717, 1.165) is 18.7 Å². The van der Waals surface area contributed by atoms with E-state index in [1.54, 1.807) is 0 Å². The maximum atomic E-state index is 11.3. The van der Waals surface area contributed by atoms with Gasteiger partial charge in [-0.15, -0.1) is 0 Å². The Kier molecular flexibility index (Phi) is 4.20. The molecule has 0 amide bonds. The molecule has 0 radical (unpaired) electrons. The summed E-state index contributed by atoms with van der Waals surface area (Å²) >= 11 is 0. The van der Waals surface area contributed by atoms with Crippen molar-refractivity contribution >= 4 is 5.97 Å². The van der Waals surface area contributed by atoms with E-state index in [4.69, 9.17) is 4.74 Å². The van der Waals surface area contributed by atoms with E-state index in [9.17, 15) is 9.90 Å². The van der Waals surface area contributed by atoms with Crippen molar-refractivity contribution in [2.75, 3.05) is 19.7 Å². The van der Waals surface area contributed by atoms with Crippen LogP contribution in [0.4, 0.5) is 0 Å². The largest absolute Gasteiger partial charge is 0.494 e. The van der Waals surface area contributed by atoms with Gasteiger partial charge in [-0.05, 0) is 37.9 Å². The SMILES string of the molecule is O=C(O)C1(CCCOc2ccccc2)CCNC1. The first kappa shape index (κ1) is 12.9. The molecule has 1 aromatic carbocycles. The van der Waals surface area contributed by atoms with Crippen molar-refractivity contribution in [3.63, 3.8) is 0 Å². The molecule has 2 rings (SSSR count). The van der Waals surface area contributed by atoms with Crippen LogP contribution in [0.15, 0.2) is 30.3 Å². The topological polar surface area (TPSA) is 58.6 Å². The molecule has 0 aliphatic carbocycles. The number of aliphatic carboxylic acids is 1. The Balaban J connectivity index is 1.76. The van der Waals surface area contributed by atoms with Crippen LogP contribution in [0, 0.1) is 5.41 Å². The van der Waals surface area contributed by atoms with Crippen molar-refractivity contribution in [2.45, 2.75) is 19.3 Å². The number of hydrogen-bond acceptors (Lipinski definition) is 3. The van der Waals surface area contributed by atoms with Crippen molar-refractivity contribution in [2.24, 2.45) is 5.41 Å². The molecule has 0 saturated carbocycles. The van der Waals surface area contributed by atoms with Gasteiger partial charge in [0.1, 0.15) is 5.75 Å². The van der Waals surface area contributed by atoms with Gasteiger partial charge in [0.2, 0.25) is 0 Å². The number of benzene rings is 1. The molecule has 1 fully saturated rings. The van der Waals surface area contributed by atoms with E-state index in [1.807, 2.05) is 30.3 Å². The fourth-order valence-corrected chi connectivity index (χ4v) is 2.36. The summed E-state index contributed by atoms with van der Waals surface area (Å²) in [6.07, 6.45) is 2.15. The minimum absolute atomic E-state index is 0.568. The number of carboxylic acid groups (broad SMARTS) is 1. The summed E-state index contributed by atoms with van der Waals surface area (Å²) in [5.74, 6) is 0.152. The van der Waals surface area contributed by atoms with Crippen molar-refractivity contribution in [3.05, 3.63) is 30.3 Å². The van der Waals surface area contributed by atoms with Gasteiger partial charge in [0, 0.05) is 6.54 Å². The number of hydrogen-bond donors (Lipinski definition) is 2. The lowest BCUT2D eigenvalue weighted by Crippen LogP contribution is -2.33. The number of carboxylic acids is 1. The van der Waals surface area contributed by atoms with Crippen LogP contribution >= 0.6 is 0 Å². The Morgan fingerprint density at radius 1 is 1.39 bits per heavy atom. The van der Waals surface area contributed by atoms with Gasteiger partial charge in [0.05, 0.1) is 12.0 Å². The molecular weight excluding hydrogens is 230 g/mol. The minimum atomic E-state index is -0.688. The van der Waals surface area contributed by atoms with Crippen LogP contribution in [0.2, 0.25) is 0 Å². The van der Waals surface area contributed by atoms with Crippen LogP contribution in [0.1, 0.15) is 19.3 Å². The summed E-state index contributed by atoms with van der Waals surface area (Å²) in [4.78, 5) is 11.3. The summed E-state index contributed by atoms with van der Waals surface area (Å²) < 4.78 is 5.58. The highest BCUT2D eigenvalue weighted by molar-refractivity contribution is 5.75. The lowest BCUT2D eigenvalue weighted by molar-refractivity contribution is -0.148. The van der Waals surface area contributed by atoms with Crippen molar-refractivity contribution in [3.8, 4) is 5.75 Å². The Labute approximate surface area is 107 Å². The van der Waals surface area contributed by atoms with Crippen molar-refractivity contribution in [1.29, 1.82) is 0 Å². The number of ether oxygens (including phenoxy) is 1. The van der Waals surface area contributed by atoms with Gasteiger partial charge in [-0.2, -0.15) is 0 Å². The fourth-order valence-electron chi connectivity index (χ4n) is 2.36. The molecule has 1 heterocycles. The molecule has 1 saturated heterocycles. The van der Waals surface area contributed by atoms with Crippen LogP contribution in [0.25, 0.3) is 0 Å². The second-order valence-electron chi connectivity index (χ2n) is 4.78. The minimum Gasteiger partial charge on any atom is -0.494 e. The third-order valence-electron chi connectivity index (χ3n) is 3.51. The molecule has 1 unspecified atom stereocenters. The first-order chi connectivity index (χ1) is 8.73. The average Bonchev–Trinajstić information content (AvgIpc) is 2.86. The third-order valence-corrected chi connectivity index (χ3v) is 3.51. The van der Waals surface area contributed by atoms with E-state index in [0.29, 0.717) is 26.0 Å². The molecule has 4 heteroatoms. The summed E-state index contributed by atoms with van der Waals surface area (Å²) in [7, 11) is 0. The van der Waals surface area contributed by atoms with Gasteiger partial charge in [-0.3, -0.25) is 4.79 Å². The van der Waals surface area contributed by atoms with Gasteiger partial charge in [-0.25, -0.2) is 0 Å². The number of rotatable bonds is 6. The fraction of sp³-hybridized carbons (Fsp3) is 0.500. The van der Waals surface area contributed by atoms with Gasteiger partial charge in [-0.1, -0.05) is 18.2 Å². The lowest BCUT2D eigenvalue weighted by Gasteiger charge is -2.22. The zero-order valence-corrected chi connectivity index (χ0v) is 10.4. The quantitative estimate of drug-likeness (QED) is 0.756. The summed E-state index contributed by atoms with van der Waals surface area (Å²) in [6, 6.07) is 9.61.